The van der Waals surface area contributed by atoms with Gasteiger partial charge in [0.2, 0.25) is 5.91 Å². The first-order chi connectivity index (χ1) is 14.8. The Morgan fingerprint density at radius 1 is 1.23 bits per heavy atom. The third-order valence-electron chi connectivity index (χ3n) is 5.26. The molecule has 0 aliphatic carbocycles. The maximum absolute atomic E-state index is 13.0. The molecular weight excluding hydrogens is 416 g/mol. The second-order valence-corrected chi connectivity index (χ2v) is 8.36. The van der Waals surface area contributed by atoms with Crippen LogP contribution in [0.1, 0.15) is 34.6 Å². The highest BCUT2D eigenvalue weighted by atomic mass is 32.2. The van der Waals surface area contributed by atoms with E-state index < -0.39 is 16.4 Å². The lowest BCUT2D eigenvalue weighted by Gasteiger charge is -2.27. The molecule has 2 heterocycles. The van der Waals surface area contributed by atoms with Crippen LogP contribution in [0.15, 0.2) is 58.5 Å². The Labute approximate surface area is 182 Å². The molecule has 8 nitrogen and oxygen atoms in total. The lowest BCUT2D eigenvalue weighted by atomic mass is 9.86. The van der Waals surface area contributed by atoms with Crippen molar-refractivity contribution in [3.8, 4) is 0 Å². The van der Waals surface area contributed by atoms with E-state index in [0.717, 1.165) is 11.1 Å². The molecule has 0 radical (unpaired) electrons. The fraction of sp³-hybridized carbons (Fsp3) is 0.227. The van der Waals surface area contributed by atoms with Crippen molar-refractivity contribution in [1.29, 1.82) is 0 Å². The molecule has 1 aliphatic heterocycles. The Hall–Kier alpha value is -3.46. The van der Waals surface area contributed by atoms with Crippen LogP contribution in [0.3, 0.4) is 0 Å². The van der Waals surface area contributed by atoms with Gasteiger partial charge in [0.1, 0.15) is 5.82 Å². The van der Waals surface area contributed by atoms with Gasteiger partial charge in [-0.2, -0.15) is 4.98 Å². The fourth-order valence-electron chi connectivity index (χ4n) is 3.83. The van der Waals surface area contributed by atoms with Crippen molar-refractivity contribution in [2.24, 2.45) is 7.05 Å². The fourth-order valence-corrected chi connectivity index (χ4v) is 4.74. The van der Waals surface area contributed by atoms with Crippen molar-refractivity contribution in [3.63, 3.8) is 0 Å². The highest BCUT2D eigenvalue weighted by molar-refractivity contribution is 7.98. The average molecular weight is 436 g/mol. The Morgan fingerprint density at radius 3 is 2.74 bits per heavy atom. The number of fused-ring (bicyclic) bond motifs is 1. The quantitative estimate of drug-likeness (QED) is 0.282. The van der Waals surface area contributed by atoms with Crippen molar-refractivity contribution < 1.29 is 9.72 Å². The SMILES string of the molecule is Cc1cccc(CSc2nc(=O)c3c(n2C)NC(=O)CC3c2ccccc2[N+](=O)[O-])c1. The molecule has 1 aromatic heterocycles. The second kappa shape index (κ2) is 8.35. The van der Waals surface area contributed by atoms with E-state index in [1.165, 1.54) is 17.8 Å². The Balaban J connectivity index is 1.76. The molecule has 158 valence electrons. The topological polar surface area (TPSA) is 107 Å². The van der Waals surface area contributed by atoms with Crippen LogP contribution in [0.2, 0.25) is 0 Å². The summed E-state index contributed by atoms with van der Waals surface area (Å²) in [5.74, 6) is -0.0764. The van der Waals surface area contributed by atoms with Crippen molar-refractivity contribution >= 4 is 29.2 Å². The molecule has 0 spiro atoms. The van der Waals surface area contributed by atoms with Gasteiger partial charge in [-0.05, 0) is 12.5 Å². The third-order valence-corrected chi connectivity index (χ3v) is 6.36. The maximum atomic E-state index is 13.0. The number of hydrogen-bond acceptors (Lipinski definition) is 6. The zero-order valence-electron chi connectivity index (χ0n) is 17.0. The molecule has 0 saturated carbocycles. The van der Waals surface area contributed by atoms with Crippen molar-refractivity contribution in [3.05, 3.63) is 91.3 Å². The summed E-state index contributed by atoms with van der Waals surface area (Å²) in [5.41, 5.74) is 2.25. The first-order valence-electron chi connectivity index (χ1n) is 9.67. The first-order valence-corrected chi connectivity index (χ1v) is 10.7. The zero-order chi connectivity index (χ0) is 22.1. The minimum absolute atomic E-state index is 0.0510. The summed E-state index contributed by atoms with van der Waals surface area (Å²) in [7, 11) is 1.73. The van der Waals surface area contributed by atoms with Gasteiger partial charge in [-0.25, -0.2) is 0 Å². The van der Waals surface area contributed by atoms with Gasteiger partial charge in [0.15, 0.2) is 5.16 Å². The first kappa shape index (κ1) is 20.8. The molecule has 0 fully saturated rings. The molecule has 1 atom stereocenters. The monoisotopic (exact) mass is 436 g/mol. The largest absolute Gasteiger partial charge is 0.312 e. The number of nitrogens with zero attached hydrogens (tertiary/aromatic N) is 3. The number of anilines is 1. The number of rotatable bonds is 5. The van der Waals surface area contributed by atoms with Crippen molar-refractivity contribution in [1.82, 2.24) is 9.55 Å². The average Bonchev–Trinajstić information content (AvgIpc) is 2.74. The van der Waals surface area contributed by atoms with Crippen molar-refractivity contribution in [2.45, 2.75) is 30.2 Å². The summed E-state index contributed by atoms with van der Waals surface area (Å²) in [6.45, 7) is 2.01. The number of hydrogen-bond donors (Lipinski definition) is 1. The lowest BCUT2D eigenvalue weighted by molar-refractivity contribution is -0.385. The van der Waals surface area contributed by atoms with E-state index in [9.17, 15) is 19.7 Å². The molecule has 4 rings (SSSR count). The highest BCUT2D eigenvalue weighted by Gasteiger charge is 2.35. The van der Waals surface area contributed by atoms with E-state index in [0.29, 0.717) is 22.3 Å². The van der Waals surface area contributed by atoms with Gasteiger partial charge in [-0.15, -0.1) is 0 Å². The summed E-state index contributed by atoms with van der Waals surface area (Å²) in [4.78, 5) is 40.7. The smallest absolute Gasteiger partial charge is 0.279 e. The van der Waals surface area contributed by atoms with Crippen LogP contribution in [0.4, 0.5) is 11.5 Å². The van der Waals surface area contributed by atoms with Crippen LogP contribution >= 0.6 is 11.8 Å². The van der Waals surface area contributed by atoms with Crippen LogP contribution in [0, 0.1) is 17.0 Å². The predicted molar refractivity (Wildman–Crippen MR) is 118 cm³/mol. The van der Waals surface area contributed by atoms with Gasteiger partial charge in [-0.3, -0.25) is 19.7 Å². The number of nitro groups is 1. The number of aromatic nitrogens is 2. The Bertz CT molecular complexity index is 1250. The number of nitrogens with one attached hydrogen (secondary N) is 1. The molecule has 0 saturated heterocycles. The number of benzene rings is 2. The minimum Gasteiger partial charge on any atom is -0.312 e. The van der Waals surface area contributed by atoms with Gasteiger partial charge in [0.25, 0.3) is 11.2 Å². The number of para-hydroxylation sites is 1. The Morgan fingerprint density at radius 2 is 2.00 bits per heavy atom. The van der Waals surface area contributed by atoms with Gasteiger partial charge in [0.05, 0.1) is 10.5 Å². The number of thioether (sulfide) groups is 1. The van der Waals surface area contributed by atoms with E-state index in [1.807, 2.05) is 25.1 Å². The minimum atomic E-state index is -0.729. The van der Waals surface area contributed by atoms with Crippen LogP contribution in [0.5, 0.6) is 0 Å². The second-order valence-electron chi connectivity index (χ2n) is 7.42. The van der Waals surface area contributed by atoms with E-state index in [1.54, 1.807) is 29.8 Å². The van der Waals surface area contributed by atoms with E-state index in [-0.39, 0.29) is 23.6 Å². The molecule has 1 aliphatic rings. The summed E-state index contributed by atoms with van der Waals surface area (Å²) < 4.78 is 1.68. The summed E-state index contributed by atoms with van der Waals surface area (Å²) >= 11 is 1.39. The molecule has 9 heteroatoms. The molecule has 1 amide bonds. The van der Waals surface area contributed by atoms with Crippen molar-refractivity contribution in [2.75, 3.05) is 5.32 Å². The van der Waals surface area contributed by atoms with Gasteiger partial charge in [0, 0.05) is 36.8 Å². The predicted octanol–water partition coefficient (Wildman–Crippen LogP) is 3.76. The van der Waals surface area contributed by atoms with Crippen LogP contribution in [-0.4, -0.2) is 20.4 Å². The zero-order valence-corrected chi connectivity index (χ0v) is 17.8. The van der Waals surface area contributed by atoms with Crippen LogP contribution in [-0.2, 0) is 17.6 Å². The summed E-state index contributed by atoms with van der Waals surface area (Å²) in [5, 5.41) is 14.7. The number of amides is 1. The molecule has 3 aromatic rings. The van der Waals surface area contributed by atoms with Crippen LogP contribution in [0.25, 0.3) is 0 Å². The maximum Gasteiger partial charge on any atom is 0.279 e. The molecule has 2 aromatic carbocycles. The number of nitro benzene ring substituents is 1. The van der Waals surface area contributed by atoms with Gasteiger partial charge in [-0.1, -0.05) is 59.8 Å². The molecule has 0 bridgehead atoms. The number of aryl methyl sites for hydroxylation is 1. The number of carbonyl (C=O) groups excluding carboxylic acids is 1. The number of carbonyl (C=O) groups is 1. The van der Waals surface area contributed by atoms with E-state index in [4.69, 9.17) is 0 Å². The lowest BCUT2D eigenvalue weighted by Crippen LogP contribution is -2.33. The van der Waals surface area contributed by atoms with Gasteiger partial charge >= 0.3 is 0 Å². The summed E-state index contributed by atoms with van der Waals surface area (Å²) in [6.07, 6.45) is -0.0510. The molecule has 1 unspecified atom stereocenters. The van der Waals surface area contributed by atoms with E-state index in [2.05, 4.69) is 16.4 Å². The summed E-state index contributed by atoms with van der Waals surface area (Å²) in [6, 6.07) is 14.3. The van der Waals surface area contributed by atoms with E-state index >= 15 is 0 Å². The Kier molecular flexibility index (Phi) is 5.60. The molecule has 31 heavy (non-hydrogen) atoms. The highest BCUT2D eigenvalue weighted by Crippen LogP contribution is 2.39. The molecular formula is C22H20N4O4S. The van der Waals surface area contributed by atoms with Crippen LogP contribution < -0.4 is 10.9 Å². The normalized spacial score (nSPS) is 15.3. The van der Waals surface area contributed by atoms with Gasteiger partial charge < -0.3 is 9.88 Å². The third kappa shape index (κ3) is 4.09. The molecule has 1 N–H and O–H groups in total. The standard InChI is InChI=1S/C22H20N4O4S/c1-13-6-5-7-14(10-13)12-31-22-24-21(28)19-16(11-18(27)23-20(19)25(22)2)15-8-3-4-9-17(15)26(29)30/h3-10,16H,11-12H2,1-2H3,(H,23,27).